The molecule has 3 heteroatoms. The molecule has 0 atom stereocenters. The fraction of sp³-hybridized carbons (Fsp3) is 0.588. The number of rotatable bonds is 2. The summed E-state index contributed by atoms with van der Waals surface area (Å²) in [4.78, 5) is 16.9. The van der Waals surface area contributed by atoms with Gasteiger partial charge >= 0.3 is 0 Å². The van der Waals surface area contributed by atoms with E-state index in [1.54, 1.807) is 0 Å². The molecule has 20 heavy (non-hydrogen) atoms. The predicted octanol–water partition coefficient (Wildman–Crippen LogP) is 2.83. The first-order valence-corrected chi connectivity index (χ1v) is 7.84. The van der Waals surface area contributed by atoms with Crippen molar-refractivity contribution in [2.75, 3.05) is 31.1 Å². The second kappa shape index (κ2) is 5.86. The van der Waals surface area contributed by atoms with Crippen molar-refractivity contribution < 1.29 is 4.79 Å². The van der Waals surface area contributed by atoms with E-state index >= 15 is 0 Å². The molecule has 2 saturated heterocycles. The summed E-state index contributed by atoms with van der Waals surface area (Å²) in [6, 6.07) is 8.66. The van der Waals surface area contributed by atoms with Gasteiger partial charge < -0.3 is 9.80 Å². The Morgan fingerprint density at radius 3 is 2.45 bits per heavy atom. The third kappa shape index (κ3) is 2.82. The van der Waals surface area contributed by atoms with E-state index in [-0.39, 0.29) is 5.92 Å². The van der Waals surface area contributed by atoms with Gasteiger partial charge in [0.2, 0.25) is 5.91 Å². The summed E-state index contributed by atoms with van der Waals surface area (Å²) in [6.45, 7) is 6.11. The van der Waals surface area contributed by atoms with E-state index in [0.29, 0.717) is 5.91 Å². The molecular weight excluding hydrogens is 248 g/mol. The quantitative estimate of drug-likeness (QED) is 0.826. The lowest BCUT2D eigenvalue weighted by Crippen LogP contribution is -2.41. The number of carbonyl (C=O) groups excluding carboxylic acids is 1. The second-order valence-electron chi connectivity index (χ2n) is 6.13. The molecule has 3 nitrogen and oxygen atoms in total. The summed E-state index contributed by atoms with van der Waals surface area (Å²) in [5, 5.41) is 0. The van der Waals surface area contributed by atoms with Crippen LogP contribution in [0.2, 0.25) is 0 Å². The molecule has 2 heterocycles. The lowest BCUT2D eigenvalue weighted by atomic mass is 9.95. The third-order valence-corrected chi connectivity index (χ3v) is 4.63. The molecule has 2 aliphatic rings. The van der Waals surface area contributed by atoms with Gasteiger partial charge in [0.25, 0.3) is 0 Å². The maximum atomic E-state index is 12.4. The summed E-state index contributed by atoms with van der Waals surface area (Å²) in [6.07, 6.45) is 4.38. The number of hydrogen-bond donors (Lipinski definition) is 0. The zero-order valence-electron chi connectivity index (χ0n) is 12.3. The van der Waals surface area contributed by atoms with Crippen molar-refractivity contribution >= 4 is 11.6 Å². The fourth-order valence-electron chi connectivity index (χ4n) is 3.41. The first-order chi connectivity index (χ1) is 9.74. The molecule has 0 N–H and O–H groups in total. The van der Waals surface area contributed by atoms with Gasteiger partial charge in [-0.2, -0.15) is 0 Å². The lowest BCUT2D eigenvalue weighted by Gasteiger charge is -2.34. The van der Waals surface area contributed by atoms with E-state index in [1.807, 2.05) is 0 Å². The summed E-state index contributed by atoms with van der Waals surface area (Å²) in [5.74, 6) is 0.667. The first kappa shape index (κ1) is 13.5. The van der Waals surface area contributed by atoms with E-state index in [2.05, 4.69) is 41.0 Å². The van der Waals surface area contributed by atoms with Crippen LogP contribution in [0.3, 0.4) is 0 Å². The minimum Gasteiger partial charge on any atom is -0.371 e. The predicted molar refractivity (Wildman–Crippen MR) is 81.9 cm³/mol. The van der Waals surface area contributed by atoms with Gasteiger partial charge in [-0.1, -0.05) is 12.1 Å². The molecule has 0 unspecified atom stereocenters. The largest absolute Gasteiger partial charge is 0.371 e. The standard InChI is InChI=1S/C17H24N2O/c1-14-5-4-6-16(13-14)18-11-7-15(8-12-18)17(20)19-9-2-3-10-19/h4-6,13,15H,2-3,7-12H2,1H3. The van der Waals surface area contributed by atoms with Crippen molar-refractivity contribution in [3.8, 4) is 0 Å². The maximum absolute atomic E-state index is 12.4. The van der Waals surface area contributed by atoms with Gasteiger partial charge in [-0.25, -0.2) is 0 Å². The van der Waals surface area contributed by atoms with Crippen molar-refractivity contribution in [1.82, 2.24) is 4.90 Å². The van der Waals surface area contributed by atoms with Gasteiger partial charge in [-0.05, 0) is 50.3 Å². The number of anilines is 1. The molecule has 1 aromatic rings. The molecule has 108 valence electrons. The van der Waals surface area contributed by atoms with E-state index in [1.165, 1.54) is 24.1 Å². The number of carbonyl (C=O) groups is 1. The molecule has 0 aromatic heterocycles. The third-order valence-electron chi connectivity index (χ3n) is 4.63. The Balaban J connectivity index is 1.58. The van der Waals surface area contributed by atoms with Crippen molar-refractivity contribution in [2.24, 2.45) is 5.92 Å². The van der Waals surface area contributed by atoms with Crippen molar-refractivity contribution in [2.45, 2.75) is 32.6 Å². The summed E-state index contributed by atoms with van der Waals surface area (Å²) < 4.78 is 0. The first-order valence-electron chi connectivity index (χ1n) is 7.84. The minimum absolute atomic E-state index is 0.258. The number of piperidine rings is 1. The molecule has 3 rings (SSSR count). The minimum atomic E-state index is 0.258. The van der Waals surface area contributed by atoms with Gasteiger partial charge in [-0.15, -0.1) is 0 Å². The SMILES string of the molecule is Cc1cccc(N2CCC(C(=O)N3CCCC3)CC2)c1. The summed E-state index contributed by atoms with van der Waals surface area (Å²) in [5.41, 5.74) is 2.61. The molecule has 0 saturated carbocycles. The topological polar surface area (TPSA) is 23.6 Å². The molecule has 2 fully saturated rings. The van der Waals surface area contributed by atoms with Crippen LogP contribution in [0.4, 0.5) is 5.69 Å². The zero-order valence-corrected chi connectivity index (χ0v) is 12.3. The van der Waals surface area contributed by atoms with Crippen LogP contribution < -0.4 is 4.90 Å². The Hall–Kier alpha value is -1.51. The van der Waals surface area contributed by atoms with Crippen LogP contribution in [0.25, 0.3) is 0 Å². The Morgan fingerprint density at radius 2 is 1.80 bits per heavy atom. The Bertz CT molecular complexity index is 472. The molecular formula is C17H24N2O. The fourth-order valence-corrected chi connectivity index (χ4v) is 3.41. The van der Waals surface area contributed by atoms with Gasteiger partial charge in [0, 0.05) is 37.8 Å². The molecule has 1 amide bonds. The highest BCUT2D eigenvalue weighted by atomic mass is 16.2. The highest BCUT2D eigenvalue weighted by molar-refractivity contribution is 5.79. The van der Waals surface area contributed by atoms with Crippen LogP contribution in [0.5, 0.6) is 0 Å². The summed E-state index contributed by atoms with van der Waals surface area (Å²) in [7, 11) is 0. The van der Waals surface area contributed by atoms with E-state index < -0.39 is 0 Å². The summed E-state index contributed by atoms with van der Waals surface area (Å²) >= 11 is 0. The van der Waals surface area contributed by atoms with E-state index in [0.717, 1.165) is 39.0 Å². The number of nitrogens with zero attached hydrogens (tertiary/aromatic N) is 2. The van der Waals surface area contributed by atoms with Crippen LogP contribution in [-0.4, -0.2) is 37.0 Å². The van der Waals surface area contributed by atoms with Gasteiger partial charge in [-0.3, -0.25) is 4.79 Å². The molecule has 2 aliphatic heterocycles. The lowest BCUT2D eigenvalue weighted by molar-refractivity contribution is -0.135. The normalized spacial score (nSPS) is 20.4. The van der Waals surface area contributed by atoms with Gasteiger partial charge in [0.15, 0.2) is 0 Å². The van der Waals surface area contributed by atoms with Gasteiger partial charge in [0.05, 0.1) is 0 Å². The molecule has 0 spiro atoms. The van der Waals surface area contributed by atoms with Crippen LogP contribution in [0, 0.1) is 12.8 Å². The Labute approximate surface area is 121 Å². The van der Waals surface area contributed by atoms with Crippen molar-refractivity contribution in [3.05, 3.63) is 29.8 Å². The van der Waals surface area contributed by atoms with Crippen molar-refractivity contribution in [1.29, 1.82) is 0 Å². The van der Waals surface area contributed by atoms with Crippen LogP contribution >= 0.6 is 0 Å². The Kier molecular flexibility index (Phi) is 3.95. The number of benzene rings is 1. The highest BCUT2D eigenvalue weighted by Crippen LogP contribution is 2.26. The number of likely N-dealkylation sites (tertiary alicyclic amines) is 1. The van der Waals surface area contributed by atoms with E-state index in [4.69, 9.17) is 0 Å². The number of aryl methyl sites for hydroxylation is 1. The molecule has 0 bridgehead atoms. The van der Waals surface area contributed by atoms with Crippen LogP contribution in [-0.2, 0) is 4.79 Å². The molecule has 0 radical (unpaired) electrons. The van der Waals surface area contributed by atoms with Gasteiger partial charge in [0.1, 0.15) is 0 Å². The smallest absolute Gasteiger partial charge is 0.225 e. The zero-order chi connectivity index (χ0) is 13.9. The van der Waals surface area contributed by atoms with Crippen LogP contribution in [0.1, 0.15) is 31.2 Å². The average molecular weight is 272 g/mol. The van der Waals surface area contributed by atoms with E-state index in [9.17, 15) is 4.79 Å². The average Bonchev–Trinajstić information content (AvgIpc) is 3.01. The second-order valence-corrected chi connectivity index (χ2v) is 6.13. The Morgan fingerprint density at radius 1 is 1.10 bits per heavy atom. The van der Waals surface area contributed by atoms with Crippen molar-refractivity contribution in [3.63, 3.8) is 0 Å². The molecule has 1 aromatic carbocycles. The monoisotopic (exact) mass is 272 g/mol. The maximum Gasteiger partial charge on any atom is 0.225 e. The number of amides is 1. The number of hydrogen-bond acceptors (Lipinski definition) is 2. The van der Waals surface area contributed by atoms with Crippen LogP contribution in [0.15, 0.2) is 24.3 Å². The molecule has 0 aliphatic carbocycles. The highest BCUT2D eigenvalue weighted by Gasteiger charge is 2.29.